The molecule has 4 rings (SSSR count). The molecule has 0 aromatic carbocycles. The Labute approximate surface area is 200 Å². The van der Waals surface area contributed by atoms with Crippen LogP contribution in [0.15, 0.2) is 0 Å². The summed E-state index contributed by atoms with van der Waals surface area (Å²) in [5, 5.41) is 0. The van der Waals surface area contributed by atoms with E-state index in [1.165, 1.54) is 129 Å². The van der Waals surface area contributed by atoms with Gasteiger partial charge in [0.2, 0.25) is 0 Å². The van der Waals surface area contributed by atoms with E-state index in [0.29, 0.717) is 10.8 Å². The Morgan fingerprint density at radius 3 is 2.03 bits per heavy atom. The number of nitrogens with zero attached hydrogens (tertiary/aromatic N) is 3. The standard InChI is InChI=1S/C29H55N3/c1-5-8-9-12-25(4)19-28(13-14-28)22-30-15-17-31(18-16-30)27-20-29(21-27)23-32(24-29)26(10-6-2)11-7-3/h25-27H,5-24H2,1-4H3. The van der Waals surface area contributed by atoms with Crippen LogP contribution in [0.1, 0.15) is 111 Å². The number of hydrogen-bond acceptors (Lipinski definition) is 3. The average molecular weight is 446 g/mol. The summed E-state index contributed by atoms with van der Waals surface area (Å²) < 4.78 is 0. The summed E-state index contributed by atoms with van der Waals surface area (Å²) in [6.45, 7) is 19.1. The molecule has 0 bridgehead atoms. The lowest BCUT2D eigenvalue weighted by atomic mass is 9.59. The Morgan fingerprint density at radius 2 is 1.47 bits per heavy atom. The zero-order chi connectivity index (χ0) is 22.6. The monoisotopic (exact) mass is 445 g/mol. The van der Waals surface area contributed by atoms with Gasteiger partial charge in [-0.2, -0.15) is 0 Å². The number of piperazine rings is 1. The highest BCUT2D eigenvalue weighted by Gasteiger charge is 2.54. The fourth-order valence-electron chi connectivity index (χ4n) is 7.65. The topological polar surface area (TPSA) is 9.72 Å². The van der Waals surface area contributed by atoms with Crippen molar-refractivity contribution in [1.29, 1.82) is 0 Å². The molecule has 2 saturated carbocycles. The summed E-state index contributed by atoms with van der Waals surface area (Å²) in [7, 11) is 0. The molecule has 3 heteroatoms. The fourth-order valence-corrected chi connectivity index (χ4v) is 7.65. The predicted molar refractivity (Wildman–Crippen MR) is 138 cm³/mol. The third-order valence-corrected chi connectivity index (χ3v) is 9.70. The maximum atomic E-state index is 2.87. The minimum atomic E-state index is 0.706. The molecule has 0 N–H and O–H groups in total. The Bertz CT molecular complexity index is 543. The molecule has 186 valence electrons. The van der Waals surface area contributed by atoms with Gasteiger partial charge in [0.15, 0.2) is 0 Å². The molecule has 0 aromatic heterocycles. The molecule has 2 aliphatic carbocycles. The van der Waals surface area contributed by atoms with Gasteiger partial charge < -0.3 is 4.90 Å². The van der Waals surface area contributed by atoms with Gasteiger partial charge in [-0.05, 0) is 61.7 Å². The van der Waals surface area contributed by atoms with E-state index in [0.717, 1.165) is 18.0 Å². The largest absolute Gasteiger partial charge is 0.300 e. The van der Waals surface area contributed by atoms with Crippen LogP contribution in [0.3, 0.4) is 0 Å². The van der Waals surface area contributed by atoms with E-state index < -0.39 is 0 Å². The molecule has 3 nitrogen and oxygen atoms in total. The van der Waals surface area contributed by atoms with E-state index in [-0.39, 0.29) is 0 Å². The van der Waals surface area contributed by atoms with E-state index in [2.05, 4.69) is 42.4 Å². The molecule has 4 aliphatic rings. The quantitative estimate of drug-likeness (QED) is 0.285. The van der Waals surface area contributed by atoms with Crippen LogP contribution < -0.4 is 0 Å². The summed E-state index contributed by atoms with van der Waals surface area (Å²) in [5.74, 6) is 0.938. The summed E-state index contributed by atoms with van der Waals surface area (Å²) >= 11 is 0. The van der Waals surface area contributed by atoms with Crippen molar-refractivity contribution in [2.24, 2.45) is 16.7 Å². The molecule has 1 spiro atoms. The van der Waals surface area contributed by atoms with Crippen LogP contribution >= 0.6 is 0 Å². The zero-order valence-electron chi connectivity index (χ0n) is 22.2. The second kappa shape index (κ2) is 11.1. The van der Waals surface area contributed by atoms with Crippen molar-refractivity contribution in [2.45, 2.75) is 123 Å². The first-order valence-corrected chi connectivity index (χ1v) is 14.7. The van der Waals surface area contributed by atoms with Crippen LogP contribution in [0.5, 0.6) is 0 Å². The zero-order valence-corrected chi connectivity index (χ0v) is 22.2. The molecule has 0 amide bonds. The van der Waals surface area contributed by atoms with Gasteiger partial charge in [-0.25, -0.2) is 0 Å². The number of rotatable bonds is 14. The number of likely N-dealkylation sites (tertiary alicyclic amines) is 1. The molecule has 1 atom stereocenters. The van der Waals surface area contributed by atoms with Gasteiger partial charge in [0.25, 0.3) is 0 Å². The Kier molecular flexibility index (Phi) is 8.65. The molecule has 4 fully saturated rings. The van der Waals surface area contributed by atoms with Gasteiger partial charge >= 0.3 is 0 Å². The van der Waals surface area contributed by atoms with Crippen LogP contribution in [-0.2, 0) is 0 Å². The molecule has 1 unspecified atom stereocenters. The Balaban J connectivity index is 1.12. The number of unbranched alkanes of at least 4 members (excludes halogenated alkanes) is 2. The highest BCUT2D eigenvalue weighted by Crippen LogP contribution is 2.53. The summed E-state index contributed by atoms with van der Waals surface area (Å²) in [4.78, 5) is 8.54. The molecule has 2 saturated heterocycles. The van der Waals surface area contributed by atoms with E-state index >= 15 is 0 Å². The van der Waals surface area contributed by atoms with Crippen LogP contribution in [-0.4, -0.2) is 72.6 Å². The van der Waals surface area contributed by atoms with Crippen molar-refractivity contribution in [3.8, 4) is 0 Å². The van der Waals surface area contributed by atoms with Gasteiger partial charge in [-0.15, -0.1) is 0 Å². The summed E-state index contributed by atoms with van der Waals surface area (Å²) in [6.07, 6.45) is 18.7. The Hall–Kier alpha value is -0.120. The predicted octanol–water partition coefficient (Wildman–Crippen LogP) is 6.42. The molecule has 2 aliphatic heterocycles. The van der Waals surface area contributed by atoms with E-state index in [1.54, 1.807) is 0 Å². The van der Waals surface area contributed by atoms with E-state index in [9.17, 15) is 0 Å². The van der Waals surface area contributed by atoms with Gasteiger partial charge in [0.1, 0.15) is 0 Å². The summed E-state index contributed by atoms with van der Waals surface area (Å²) in [6, 6.07) is 1.78. The highest BCUT2D eigenvalue weighted by molar-refractivity contribution is 5.09. The van der Waals surface area contributed by atoms with Crippen molar-refractivity contribution in [3.63, 3.8) is 0 Å². The normalized spacial score (nSPS) is 26.9. The lowest BCUT2D eigenvalue weighted by molar-refractivity contribution is -0.131. The minimum Gasteiger partial charge on any atom is -0.300 e. The molecule has 2 heterocycles. The Morgan fingerprint density at radius 1 is 0.812 bits per heavy atom. The SMILES string of the molecule is CCCCCC(C)CC1(CN2CCN(C3CC4(C3)CN(C(CCC)CCC)C4)CC2)CC1. The second-order valence-electron chi connectivity index (χ2n) is 12.8. The van der Waals surface area contributed by atoms with Crippen molar-refractivity contribution in [2.75, 3.05) is 45.8 Å². The molecular formula is C29H55N3. The lowest BCUT2D eigenvalue weighted by Gasteiger charge is -2.63. The van der Waals surface area contributed by atoms with Crippen molar-refractivity contribution in [3.05, 3.63) is 0 Å². The van der Waals surface area contributed by atoms with Crippen LogP contribution in [0, 0.1) is 16.7 Å². The van der Waals surface area contributed by atoms with E-state index in [4.69, 9.17) is 0 Å². The fraction of sp³-hybridized carbons (Fsp3) is 1.00. The van der Waals surface area contributed by atoms with Gasteiger partial charge in [0, 0.05) is 57.9 Å². The third kappa shape index (κ3) is 6.11. The second-order valence-corrected chi connectivity index (χ2v) is 12.8. The third-order valence-electron chi connectivity index (χ3n) is 9.70. The van der Waals surface area contributed by atoms with Crippen molar-refractivity contribution < 1.29 is 0 Å². The average Bonchev–Trinajstić information content (AvgIpc) is 3.46. The minimum absolute atomic E-state index is 0.706. The molecule has 0 aromatic rings. The smallest absolute Gasteiger partial charge is 0.0113 e. The maximum Gasteiger partial charge on any atom is 0.0113 e. The highest BCUT2D eigenvalue weighted by atomic mass is 15.3. The van der Waals surface area contributed by atoms with Crippen LogP contribution in [0.4, 0.5) is 0 Å². The van der Waals surface area contributed by atoms with Gasteiger partial charge in [-0.1, -0.05) is 66.2 Å². The van der Waals surface area contributed by atoms with Gasteiger partial charge in [0.05, 0.1) is 0 Å². The van der Waals surface area contributed by atoms with Crippen LogP contribution in [0.2, 0.25) is 0 Å². The van der Waals surface area contributed by atoms with E-state index in [1.807, 2.05) is 0 Å². The maximum absolute atomic E-state index is 2.87. The first-order valence-electron chi connectivity index (χ1n) is 14.7. The van der Waals surface area contributed by atoms with Gasteiger partial charge in [-0.3, -0.25) is 9.80 Å². The summed E-state index contributed by atoms with van der Waals surface area (Å²) in [5.41, 5.74) is 1.42. The first-order chi connectivity index (χ1) is 15.5. The number of hydrogen-bond donors (Lipinski definition) is 0. The van der Waals surface area contributed by atoms with Crippen molar-refractivity contribution >= 4 is 0 Å². The van der Waals surface area contributed by atoms with Crippen LogP contribution in [0.25, 0.3) is 0 Å². The first kappa shape index (κ1) is 25.0. The molecular weight excluding hydrogens is 390 g/mol. The molecule has 32 heavy (non-hydrogen) atoms. The lowest BCUT2D eigenvalue weighted by Crippen LogP contribution is -2.69. The van der Waals surface area contributed by atoms with Crippen molar-refractivity contribution in [1.82, 2.24) is 14.7 Å². The molecule has 0 radical (unpaired) electrons.